The molecule has 20 heavy (non-hydrogen) atoms. The number of aromatic nitrogens is 2. The highest BCUT2D eigenvalue weighted by atomic mass is 32.2. The maximum Gasteiger partial charge on any atom is 0.332 e. The summed E-state index contributed by atoms with van der Waals surface area (Å²) in [6.45, 7) is 5.87. The zero-order chi connectivity index (χ0) is 15.3. The number of aryl methyl sites for hydroxylation is 1. The molecule has 8 nitrogen and oxygen atoms in total. The van der Waals surface area contributed by atoms with Crippen molar-refractivity contribution in [1.29, 1.82) is 0 Å². The largest absolute Gasteiger partial charge is 0.361 e. The van der Waals surface area contributed by atoms with Gasteiger partial charge < -0.3 is 10.6 Å². The van der Waals surface area contributed by atoms with E-state index < -0.39 is 15.7 Å². The third-order valence-corrected chi connectivity index (χ3v) is 3.41. The second kappa shape index (κ2) is 7.13. The summed E-state index contributed by atoms with van der Waals surface area (Å²) in [5, 5.41) is 17.0. The van der Waals surface area contributed by atoms with E-state index in [0.717, 1.165) is 0 Å². The van der Waals surface area contributed by atoms with Crippen molar-refractivity contribution in [1.82, 2.24) is 9.97 Å². The van der Waals surface area contributed by atoms with Crippen LogP contribution in [-0.2, 0) is 10.8 Å². The lowest BCUT2D eigenvalue weighted by Gasteiger charge is -2.14. The van der Waals surface area contributed by atoms with Crippen LogP contribution in [0.5, 0.6) is 0 Å². The van der Waals surface area contributed by atoms with Gasteiger partial charge in [-0.2, -0.15) is 4.98 Å². The van der Waals surface area contributed by atoms with E-state index in [1.54, 1.807) is 20.1 Å². The predicted molar refractivity (Wildman–Crippen MR) is 79.6 cm³/mol. The van der Waals surface area contributed by atoms with Gasteiger partial charge in [0.25, 0.3) is 0 Å². The van der Waals surface area contributed by atoms with E-state index in [1.807, 2.05) is 6.92 Å². The van der Waals surface area contributed by atoms with Crippen LogP contribution in [0, 0.1) is 17.0 Å². The molecule has 0 radical (unpaired) electrons. The Morgan fingerprint density at radius 2 is 2.10 bits per heavy atom. The summed E-state index contributed by atoms with van der Waals surface area (Å²) in [6, 6.07) is -0.191. The fourth-order valence-corrected chi connectivity index (χ4v) is 2.54. The molecule has 0 saturated carbocycles. The molecule has 1 rings (SSSR count). The molecule has 0 bridgehead atoms. The molecule has 0 aliphatic heterocycles. The van der Waals surface area contributed by atoms with E-state index in [-0.39, 0.29) is 23.2 Å². The Labute approximate surface area is 120 Å². The average Bonchev–Trinajstić information content (AvgIpc) is 2.26. The molecule has 2 unspecified atom stereocenters. The van der Waals surface area contributed by atoms with Gasteiger partial charge in [0.2, 0.25) is 11.8 Å². The lowest BCUT2D eigenvalue weighted by atomic mass is 10.3. The molecular weight excluding hydrogens is 282 g/mol. The van der Waals surface area contributed by atoms with Crippen molar-refractivity contribution in [2.45, 2.75) is 26.8 Å². The minimum atomic E-state index is -0.992. The Bertz CT molecular complexity index is 523. The molecule has 1 heterocycles. The Morgan fingerprint density at radius 1 is 1.45 bits per heavy atom. The van der Waals surface area contributed by atoms with E-state index in [4.69, 9.17) is 0 Å². The minimum absolute atomic E-state index is 0.149. The van der Waals surface area contributed by atoms with E-state index in [1.165, 1.54) is 0 Å². The molecule has 1 aromatic heterocycles. The van der Waals surface area contributed by atoms with E-state index in [2.05, 4.69) is 20.6 Å². The molecule has 0 amide bonds. The van der Waals surface area contributed by atoms with Crippen LogP contribution in [-0.4, -0.2) is 43.7 Å². The lowest BCUT2D eigenvalue weighted by Crippen LogP contribution is -2.24. The molecule has 0 aliphatic carbocycles. The number of nitro groups is 1. The Kier molecular flexibility index (Phi) is 5.81. The normalized spacial score (nSPS) is 13.6. The van der Waals surface area contributed by atoms with Gasteiger partial charge in [-0.25, -0.2) is 4.98 Å². The first-order valence-corrected chi connectivity index (χ1v) is 7.91. The number of hydrogen-bond donors (Lipinski definition) is 2. The standard InChI is InChI=1S/C11H19N5O3S/c1-5-12-11-14-8(3)9(16(17)18)10(15-11)13-7(2)6-20(4)19/h7H,5-6H2,1-4H3,(H2,12,13,14,15). The molecule has 0 aliphatic rings. The summed E-state index contributed by atoms with van der Waals surface area (Å²) < 4.78 is 11.2. The maximum absolute atomic E-state index is 11.2. The molecule has 2 atom stereocenters. The van der Waals surface area contributed by atoms with Crippen LogP contribution < -0.4 is 10.6 Å². The minimum Gasteiger partial charge on any atom is -0.361 e. The van der Waals surface area contributed by atoms with Gasteiger partial charge in [-0.1, -0.05) is 0 Å². The topological polar surface area (TPSA) is 110 Å². The molecule has 2 N–H and O–H groups in total. The van der Waals surface area contributed by atoms with Crippen LogP contribution in [0.3, 0.4) is 0 Å². The monoisotopic (exact) mass is 301 g/mol. The molecule has 9 heteroatoms. The highest BCUT2D eigenvalue weighted by Crippen LogP contribution is 2.27. The van der Waals surface area contributed by atoms with Crippen molar-refractivity contribution >= 4 is 28.3 Å². The van der Waals surface area contributed by atoms with Gasteiger partial charge in [0.05, 0.1) is 4.92 Å². The third kappa shape index (κ3) is 4.41. The molecular formula is C11H19N5O3S. The first kappa shape index (κ1) is 16.3. The molecule has 1 aromatic rings. The smallest absolute Gasteiger partial charge is 0.332 e. The zero-order valence-electron chi connectivity index (χ0n) is 12.0. The van der Waals surface area contributed by atoms with Crippen LogP contribution in [0.15, 0.2) is 0 Å². The number of rotatable bonds is 7. The van der Waals surface area contributed by atoms with Crippen LogP contribution >= 0.6 is 0 Å². The summed E-state index contributed by atoms with van der Waals surface area (Å²) >= 11 is 0. The van der Waals surface area contributed by atoms with Crippen molar-refractivity contribution in [3.8, 4) is 0 Å². The third-order valence-electron chi connectivity index (χ3n) is 2.44. The second-order valence-electron chi connectivity index (χ2n) is 4.40. The Balaban J connectivity index is 3.12. The van der Waals surface area contributed by atoms with Crippen LogP contribution in [0.25, 0.3) is 0 Å². The SMILES string of the molecule is CCNc1nc(C)c([N+](=O)[O-])c(NC(C)CS(C)=O)n1. The second-order valence-corrected chi connectivity index (χ2v) is 5.88. The molecule has 0 fully saturated rings. The number of hydrogen-bond acceptors (Lipinski definition) is 7. The van der Waals surface area contributed by atoms with Gasteiger partial charge in [0.15, 0.2) is 0 Å². The summed E-state index contributed by atoms with van der Waals surface area (Å²) in [6.07, 6.45) is 1.59. The first-order chi connectivity index (χ1) is 9.35. The average molecular weight is 301 g/mol. The summed E-state index contributed by atoms with van der Waals surface area (Å²) in [4.78, 5) is 18.8. The quantitative estimate of drug-likeness (QED) is 0.577. The van der Waals surface area contributed by atoms with Crippen molar-refractivity contribution < 1.29 is 9.13 Å². The Hall–Kier alpha value is -1.77. The fraction of sp³-hybridized carbons (Fsp3) is 0.636. The molecule has 0 spiro atoms. The number of anilines is 2. The van der Waals surface area contributed by atoms with Crippen molar-refractivity contribution in [3.05, 3.63) is 15.8 Å². The van der Waals surface area contributed by atoms with Crippen LogP contribution in [0.1, 0.15) is 19.5 Å². The van der Waals surface area contributed by atoms with Crippen LogP contribution in [0.2, 0.25) is 0 Å². The van der Waals surface area contributed by atoms with E-state index in [0.29, 0.717) is 18.2 Å². The van der Waals surface area contributed by atoms with Crippen LogP contribution in [0.4, 0.5) is 17.5 Å². The lowest BCUT2D eigenvalue weighted by molar-refractivity contribution is -0.385. The van der Waals surface area contributed by atoms with Gasteiger partial charge in [-0.15, -0.1) is 0 Å². The summed E-state index contributed by atoms with van der Waals surface area (Å²) in [7, 11) is -0.992. The summed E-state index contributed by atoms with van der Waals surface area (Å²) in [5.74, 6) is 0.871. The predicted octanol–water partition coefficient (Wildman–Crippen LogP) is 1.30. The highest BCUT2D eigenvalue weighted by molar-refractivity contribution is 7.84. The van der Waals surface area contributed by atoms with E-state index >= 15 is 0 Å². The van der Waals surface area contributed by atoms with Gasteiger partial charge in [0.1, 0.15) is 5.69 Å². The summed E-state index contributed by atoms with van der Waals surface area (Å²) in [5.41, 5.74) is 0.133. The maximum atomic E-state index is 11.2. The molecule has 0 saturated heterocycles. The molecule has 0 aromatic carbocycles. The van der Waals surface area contributed by atoms with Crippen molar-refractivity contribution in [3.63, 3.8) is 0 Å². The zero-order valence-corrected chi connectivity index (χ0v) is 12.8. The van der Waals surface area contributed by atoms with Crippen molar-refractivity contribution in [2.75, 3.05) is 29.2 Å². The van der Waals surface area contributed by atoms with Crippen molar-refractivity contribution in [2.24, 2.45) is 0 Å². The van der Waals surface area contributed by atoms with E-state index in [9.17, 15) is 14.3 Å². The van der Waals surface area contributed by atoms with Gasteiger partial charge >= 0.3 is 5.69 Å². The number of nitrogens with zero attached hydrogens (tertiary/aromatic N) is 3. The van der Waals surface area contributed by atoms with Gasteiger partial charge in [-0.05, 0) is 20.8 Å². The highest BCUT2D eigenvalue weighted by Gasteiger charge is 2.23. The fourth-order valence-electron chi connectivity index (χ4n) is 1.75. The molecule has 112 valence electrons. The number of nitrogens with one attached hydrogen (secondary N) is 2. The van der Waals surface area contributed by atoms with Gasteiger partial charge in [0, 0.05) is 35.4 Å². The Morgan fingerprint density at radius 3 is 2.60 bits per heavy atom. The first-order valence-electron chi connectivity index (χ1n) is 6.18. The van der Waals surface area contributed by atoms with Gasteiger partial charge in [-0.3, -0.25) is 14.3 Å².